The number of aryl methyl sites for hydroxylation is 1. The summed E-state index contributed by atoms with van der Waals surface area (Å²) < 4.78 is 5.76. The summed E-state index contributed by atoms with van der Waals surface area (Å²) >= 11 is 3.52. The summed E-state index contributed by atoms with van der Waals surface area (Å²) in [6.45, 7) is 5.10. The van der Waals surface area contributed by atoms with Gasteiger partial charge in [0.1, 0.15) is 5.75 Å². The average Bonchev–Trinajstić information content (AvgIpc) is 2.24. The Hall–Kier alpha value is -0.500. The summed E-state index contributed by atoms with van der Waals surface area (Å²) in [5, 5.41) is 1.02. The number of halogens is 1. The second-order valence-electron chi connectivity index (χ2n) is 3.94. The molecule has 0 saturated heterocycles. The molecule has 84 valence electrons. The summed E-state index contributed by atoms with van der Waals surface area (Å²) in [4.78, 5) is 0. The van der Waals surface area contributed by atoms with Crippen molar-refractivity contribution in [2.24, 2.45) is 5.92 Å². The zero-order valence-electron chi connectivity index (χ0n) is 9.50. The Morgan fingerprint density at radius 1 is 1.40 bits per heavy atom. The maximum Gasteiger partial charge on any atom is 0.119 e. The van der Waals surface area contributed by atoms with E-state index in [4.69, 9.17) is 4.74 Å². The van der Waals surface area contributed by atoms with Crippen LogP contribution in [0.1, 0.15) is 25.3 Å². The van der Waals surface area contributed by atoms with Gasteiger partial charge in [0.15, 0.2) is 0 Å². The minimum atomic E-state index is 0.621. The predicted octanol–water partition coefficient (Wildman–Crippen LogP) is 4.19. The van der Waals surface area contributed by atoms with Crippen LogP contribution in [0.25, 0.3) is 0 Å². The van der Waals surface area contributed by atoms with Gasteiger partial charge in [0.05, 0.1) is 6.61 Å². The lowest BCUT2D eigenvalue weighted by Gasteiger charge is -2.14. The zero-order chi connectivity index (χ0) is 11.1. The van der Waals surface area contributed by atoms with Crippen molar-refractivity contribution in [3.63, 3.8) is 0 Å². The van der Waals surface area contributed by atoms with Gasteiger partial charge in [-0.05, 0) is 31.0 Å². The van der Waals surface area contributed by atoms with Gasteiger partial charge >= 0.3 is 0 Å². The van der Waals surface area contributed by atoms with Crippen LogP contribution in [0.5, 0.6) is 5.75 Å². The molecule has 0 fully saturated rings. The summed E-state index contributed by atoms with van der Waals surface area (Å²) in [5.41, 5.74) is 1.25. The standard InChI is InChI=1S/C13H19BrO/c1-3-5-12(9-14)10-15-13-7-4-6-11(2)8-13/h4,6-8,12H,3,5,9-10H2,1-2H3. The second-order valence-corrected chi connectivity index (χ2v) is 4.58. The first kappa shape index (κ1) is 12.6. The Morgan fingerprint density at radius 3 is 2.80 bits per heavy atom. The van der Waals surface area contributed by atoms with Crippen LogP contribution in [-0.2, 0) is 0 Å². The lowest BCUT2D eigenvalue weighted by molar-refractivity contribution is 0.255. The Morgan fingerprint density at radius 2 is 2.20 bits per heavy atom. The van der Waals surface area contributed by atoms with Gasteiger partial charge in [0.2, 0.25) is 0 Å². The van der Waals surface area contributed by atoms with Gasteiger partial charge < -0.3 is 4.74 Å². The molecule has 0 spiro atoms. The molecule has 1 aromatic rings. The van der Waals surface area contributed by atoms with Crippen LogP contribution in [-0.4, -0.2) is 11.9 Å². The van der Waals surface area contributed by atoms with Crippen molar-refractivity contribution in [3.05, 3.63) is 29.8 Å². The van der Waals surface area contributed by atoms with Crippen LogP contribution in [0.15, 0.2) is 24.3 Å². The SMILES string of the molecule is CCCC(CBr)COc1cccc(C)c1. The molecule has 0 saturated carbocycles. The second kappa shape index (κ2) is 6.89. The van der Waals surface area contributed by atoms with Crippen LogP contribution >= 0.6 is 15.9 Å². The van der Waals surface area contributed by atoms with E-state index in [0.717, 1.165) is 17.7 Å². The topological polar surface area (TPSA) is 9.23 Å². The molecule has 0 amide bonds. The van der Waals surface area contributed by atoms with Gasteiger partial charge in [-0.1, -0.05) is 41.4 Å². The van der Waals surface area contributed by atoms with Crippen molar-refractivity contribution in [3.8, 4) is 5.75 Å². The maximum atomic E-state index is 5.76. The molecule has 0 bridgehead atoms. The molecule has 15 heavy (non-hydrogen) atoms. The largest absolute Gasteiger partial charge is 0.493 e. The molecular formula is C13H19BrO. The molecule has 0 N–H and O–H groups in total. The maximum absolute atomic E-state index is 5.76. The average molecular weight is 271 g/mol. The molecule has 2 heteroatoms. The highest BCUT2D eigenvalue weighted by molar-refractivity contribution is 9.09. The number of ether oxygens (including phenoxy) is 1. The fourth-order valence-corrected chi connectivity index (χ4v) is 2.04. The fraction of sp³-hybridized carbons (Fsp3) is 0.538. The van der Waals surface area contributed by atoms with Gasteiger partial charge in [-0.15, -0.1) is 0 Å². The Labute approximate surface area is 101 Å². The number of hydrogen-bond donors (Lipinski definition) is 0. The van der Waals surface area contributed by atoms with E-state index in [1.165, 1.54) is 18.4 Å². The molecule has 1 rings (SSSR count). The van der Waals surface area contributed by atoms with Crippen LogP contribution in [0.2, 0.25) is 0 Å². The van der Waals surface area contributed by atoms with E-state index in [0.29, 0.717) is 5.92 Å². The zero-order valence-corrected chi connectivity index (χ0v) is 11.1. The van der Waals surface area contributed by atoms with Crippen molar-refractivity contribution in [1.29, 1.82) is 0 Å². The van der Waals surface area contributed by atoms with Crippen LogP contribution < -0.4 is 4.74 Å². The molecular weight excluding hydrogens is 252 g/mol. The van der Waals surface area contributed by atoms with E-state index in [-0.39, 0.29) is 0 Å². The normalized spacial score (nSPS) is 12.5. The minimum absolute atomic E-state index is 0.621. The molecule has 0 aliphatic rings. The molecule has 1 nitrogen and oxygen atoms in total. The highest BCUT2D eigenvalue weighted by Crippen LogP contribution is 2.16. The number of hydrogen-bond acceptors (Lipinski definition) is 1. The van der Waals surface area contributed by atoms with E-state index in [9.17, 15) is 0 Å². The summed E-state index contributed by atoms with van der Waals surface area (Å²) in [6, 6.07) is 8.22. The van der Waals surface area contributed by atoms with Crippen LogP contribution in [0.3, 0.4) is 0 Å². The third-order valence-electron chi connectivity index (χ3n) is 2.39. The Bertz CT molecular complexity index is 286. The summed E-state index contributed by atoms with van der Waals surface area (Å²) in [7, 11) is 0. The van der Waals surface area contributed by atoms with Crippen LogP contribution in [0, 0.1) is 12.8 Å². The Kier molecular flexibility index (Phi) is 5.77. The van der Waals surface area contributed by atoms with Crippen molar-refractivity contribution in [2.45, 2.75) is 26.7 Å². The summed E-state index contributed by atoms with van der Waals surface area (Å²) in [6.07, 6.45) is 2.44. The molecule has 0 radical (unpaired) electrons. The predicted molar refractivity (Wildman–Crippen MR) is 68.9 cm³/mol. The molecule has 0 heterocycles. The van der Waals surface area contributed by atoms with Crippen molar-refractivity contribution in [1.82, 2.24) is 0 Å². The van der Waals surface area contributed by atoms with E-state index in [2.05, 4.69) is 41.9 Å². The molecule has 0 aliphatic heterocycles. The number of benzene rings is 1. The minimum Gasteiger partial charge on any atom is -0.493 e. The van der Waals surface area contributed by atoms with E-state index >= 15 is 0 Å². The van der Waals surface area contributed by atoms with Gasteiger partial charge in [0, 0.05) is 11.2 Å². The molecule has 0 aliphatic carbocycles. The number of rotatable bonds is 6. The Balaban J connectivity index is 2.41. The van der Waals surface area contributed by atoms with Crippen molar-refractivity contribution in [2.75, 3.05) is 11.9 Å². The molecule has 1 atom stereocenters. The smallest absolute Gasteiger partial charge is 0.119 e. The third-order valence-corrected chi connectivity index (χ3v) is 3.31. The van der Waals surface area contributed by atoms with E-state index in [1.807, 2.05) is 12.1 Å². The monoisotopic (exact) mass is 270 g/mol. The van der Waals surface area contributed by atoms with Gasteiger partial charge in [-0.25, -0.2) is 0 Å². The van der Waals surface area contributed by atoms with Crippen molar-refractivity contribution >= 4 is 15.9 Å². The van der Waals surface area contributed by atoms with E-state index in [1.54, 1.807) is 0 Å². The molecule has 0 aromatic heterocycles. The molecule has 1 aromatic carbocycles. The third kappa shape index (κ3) is 4.70. The fourth-order valence-electron chi connectivity index (χ4n) is 1.53. The van der Waals surface area contributed by atoms with Crippen LogP contribution in [0.4, 0.5) is 0 Å². The van der Waals surface area contributed by atoms with Gasteiger partial charge in [-0.2, -0.15) is 0 Å². The van der Waals surface area contributed by atoms with Crippen molar-refractivity contribution < 1.29 is 4.74 Å². The lowest BCUT2D eigenvalue weighted by atomic mass is 10.1. The summed E-state index contributed by atoms with van der Waals surface area (Å²) in [5.74, 6) is 1.60. The highest BCUT2D eigenvalue weighted by Gasteiger charge is 2.06. The first-order valence-corrected chi connectivity index (χ1v) is 6.63. The quantitative estimate of drug-likeness (QED) is 0.705. The van der Waals surface area contributed by atoms with Gasteiger partial charge in [-0.3, -0.25) is 0 Å². The lowest BCUT2D eigenvalue weighted by Crippen LogP contribution is -2.13. The first-order valence-electron chi connectivity index (χ1n) is 5.51. The highest BCUT2D eigenvalue weighted by atomic mass is 79.9. The van der Waals surface area contributed by atoms with Gasteiger partial charge in [0.25, 0.3) is 0 Å². The molecule has 1 unspecified atom stereocenters. The first-order chi connectivity index (χ1) is 7.26. The van der Waals surface area contributed by atoms with E-state index < -0.39 is 0 Å². The number of alkyl halides is 1.